The number of aromatic nitrogens is 4. The van der Waals surface area contributed by atoms with Gasteiger partial charge in [0.15, 0.2) is 22.5 Å². The topological polar surface area (TPSA) is 160 Å². The number of imidazole rings is 1. The van der Waals surface area contributed by atoms with Crippen LogP contribution in [0.2, 0.25) is 0 Å². The molecule has 0 aromatic carbocycles. The van der Waals surface area contributed by atoms with E-state index in [0.717, 1.165) is 0 Å². The largest absolute Gasteiger partial charge is 0.388 e. The fourth-order valence-corrected chi connectivity index (χ4v) is 2.72. The lowest BCUT2D eigenvalue weighted by molar-refractivity contribution is -0.209. The maximum atomic E-state index is 12.0. The van der Waals surface area contributed by atoms with Crippen molar-refractivity contribution in [1.29, 1.82) is 0 Å². The van der Waals surface area contributed by atoms with Gasteiger partial charge in [-0.3, -0.25) is 14.3 Å². The van der Waals surface area contributed by atoms with Crippen LogP contribution in [0.3, 0.4) is 0 Å². The Hall–Kier alpha value is -1.66. The van der Waals surface area contributed by atoms with E-state index in [1.54, 1.807) is 6.26 Å². The Kier molecular flexibility index (Phi) is 3.82. The van der Waals surface area contributed by atoms with Gasteiger partial charge in [-0.05, 0) is 6.26 Å². The fourth-order valence-electron chi connectivity index (χ4n) is 2.35. The van der Waals surface area contributed by atoms with Gasteiger partial charge in [0, 0.05) is 0 Å². The molecule has 22 heavy (non-hydrogen) atoms. The SMILES string of the molecule is CSc1nc2c(nc(N)n2[C@H]2OC[C@@H](O)[C@@H](O)[C@H]2O)c(=O)[nH]1. The molecule has 0 radical (unpaired) electrons. The van der Waals surface area contributed by atoms with E-state index in [1.807, 2.05) is 0 Å². The highest BCUT2D eigenvalue weighted by Gasteiger charge is 2.40. The summed E-state index contributed by atoms with van der Waals surface area (Å²) in [5.74, 6) is -0.0844. The molecule has 0 bridgehead atoms. The number of nitrogen functional groups attached to an aromatic ring is 1. The van der Waals surface area contributed by atoms with Crippen molar-refractivity contribution in [2.45, 2.75) is 29.7 Å². The molecule has 1 saturated heterocycles. The highest BCUT2D eigenvalue weighted by Crippen LogP contribution is 2.29. The van der Waals surface area contributed by atoms with Crippen LogP contribution in [0.5, 0.6) is 0 Å². The summed E-state index contributed by atoms with van der Waals surface area (Å²) in [5, 5.41) is 29.7. The molecule has 4 atom stereocenters. The van der Waals surface area contributed by atoms with Gasteiger partial charge in [-0.1, -0.05) is 11.8 Å². The molecule has 1 aliphatic rings. The zero-order valence-electron chi connectivity index (χ0n) is 11.5. The van der Waals surface area contributed by atoms with Crippen LogP contribution >= 0.6 is 11.8 Å². The van der Waals surface area contributed by atoms with Gasteiger partial charge < -0.3 is 25.8 Å². The lowest BCUT2D eigenvalue weighted by atomic mass is 10.0. The van der Waals surface area contributed by atoms with Crippen LogP contribution in [-0.4, -0.2) is 66.0 Å². The predicted molar refractivity (Wildman–Crippen MR) is 77.4 cm³/mol. The Labute approximate surface area is 127 Å². The molecule has 6 N–H and O–H groups in total. The number of anilines is 1. The first-order valence-corrected chi connectivity index (χ1v) is 7.64. The summed E-state index contributed by atoms with van der Waals surface area (Å²) in [6.45, 7) is -0.194. The van der Waals surface area contributed by atoms with Crippen molar-refractivity contribution < 1.29 is 20.1 Å². The number of nitrogens with one attached hydrogen (secondary N) is 1. The van der Waals surface area contributed by atoms with E-state index in [2.05, 4.69) is 15.0 Å². The molecular weight excluding hydrogens is 314 g/mol. The van der Waals surface area contributed by atoms with Gasteiger partial charge in [-0.15, -0.1) is 0 Å². The number of H-pyrrole nitrogens is 1. The molecule has 0 spiro atoms. The second kappa shape index (κ2) is 5.52. The van der Waals surface area contributed by atoms with Crippen LogP contribution in [-0.2, 0) is 4.74 Å². The molecule has 3 rings (SSSR count). The summed E-state index contributed by atoms with van der Waals surface area (Å²) >= 11 is 1.22. The molecule has 0 saturated carbocycles. The first-order valence-electron chi connectivity index (χ1n) is 6.41. The smallest absolute Gasteiger partial charge is 0.279 e. The molecule has 0 amide bonds. The Bertz CT molecular complexity index is 761. The number of aromatic amines is 1. The van der Waals surface area contributed by atoms with Crippen LogP contribution in [0.4, 0.5) is 5.95 Å². The molecule has 1 aliphatic heterocycles. The van der Waals surface area contributed by atoms with Crippen LogP contribution in [0.1, 0.15) is 6.23 Å². The summed E-state index contributed by atoms with van der Waals surface area (Å²) < 4.78 is 6.58. The van der Waals surface area contributed by atoms with Gasteiger partial charge in [0.1, 0.15) is 18.3 Å². The van der Waals surface area contributed by atoms with Crippen molar-refractivity contribution in [2.75, 3.05) is 18.6 Å². The average molecular weight is 329 g/mol. The quantitative estimate of drug-likeness (QED) is 0.311. The van der Waals surface area contributed by atoms with Gasteiger partial charge in [0.2, 0.25) is 5.95 Å². The van der Waals surface area contributed by atoms with E-state index >= 15 is 0 Å². The number of rotatable bonds is 2. The molecule has 0 aliphatic carbocycles. The fraction of sp³-hybridized carbons (Fsp3) is 0.545. The summed E-state index contributed by atoms with van der Waals surface area (Å²) in [7, 11) is 0. The number of nitrogens with two attached hydrogens (primary N) is 1. The molecule has 2 aromatic rings. The van der Waals surface area contributed by atoms with E-state index in [-0.39, 0.29) is 23.7 Å². The van der Waals surface area contributed by atoms with Crippen molar-refractivity contribution >= 4 is 28.9 Å². The number of ether oxygens (including phenoxy) is 1. The van der Waals surface area contributed by atoms with Crippen molar-refractivity contribution in [3.63, 3.8) is 0 Å². The molecule has 10 nitrogen and oxygen atoms in total. The average Bonchev–Trinajstić information content (AvgIpc) is 2.82. The summed E-state index contributed by atoms with van der Waals surface area (Å²) in [5.41, 5.74) is 5.48. The minimum Gasteiger partial charge on any atom is -0.388 e. The van der Waals surface area contributed by atoms with E-state index in [4.69, 9.17) is 10.5 Å². The number of hydrogen-bond donors (Lipinski definition) is 5. The molecule has 2 aromatic heterocycles. The highest BCUT2D eigenvalue weighted by molar-refractivity contribution is 7.98. The number of thioether (sulfide) groups is 1. The Morgan fingerprint density at radius 3 is 2.77 bits per heavy atom. The van der Waals surface area contributed by atoms with Crippen LogP contribution in [0, 0.1) is 0 Å². The van der Waals surface area contributed by atoms with Crippen molar-refractivity contribution in [3.8, 4) is 0 Å². The zero-order valence-corrected chi connectivity index (χ0v) is 12.3. The van der Waals surface area contributed by atoms with Crippen LogP contribution in [0.15, 0.2) is 9.95 Å². The number of aliphatic hydroxyl groups excluding tert-OH is 3. The van der Waals surface area contributed by atoms with E-state index < -0.39 is 30.1 Å². The van der Waals surface area contributed by atoms with E-state index in [9.17, 15) is 20.1 Å². The Balaban J connectivity index is 2.16. The van der Waals surface area contributed by atoms with Crippen LogP contribution < -0.4 is 11.3 Å². The lowest BCUT2D eigenvalue weighted by Crippen LogP contribution is -2.50. The number of fused-ring (bicyclic) bond motifs is 1. The second-order valence-electron chi connectivity index (χ2n) is 4.86. The highest BCUT2D eigenvalue weighted by atomic mass is 32.2. The van der Waals surface area contributed by atoms with Crippen molar-refractivity contribution in [2.24, 2.45) is 0 Å². The first-order chi connectivity index (χ1) is 10.4. The van der Waals surface area contributed by atoms with Gasteiger partial charge in [-0.2, -0.15) is 0 Å². The summed E-state index contributed by atoms with van der Waals surface area (Å²) in [6, 6.07) is 0. The van der Waals surface area contributed by atoms with Crippen molar-refractivity contribution in [3.05, 3.63) is 10.4 Å². The molecule has 0 unspecified atom stereocenters. The predicted octanol–water partition coefficient (Wildman–Crippen LogP) is -1.96. The normalized spacial score (nSPS) is 29.1. The second-order valence-corrected chi connectivity index (χ2v) is 5.65. The Morgan fingerprint density at radius 2 is 2.09 bits per heavy atom. The maximum Gasteiger partial charge on any atom is 0.279 e. The summed E-state index contributed by atoms with van der Waals surface area (Å²) in [6.07, 6.45) is -3.42. The Morgan fingerprint density at radius 1 is 1.36 bits per heavy atom. The third-order valence-corrected chi connectivity index (χ3v) is 4.06. The number of hydrogen-bond acceptors (Lipinski definition) is 9. The monoisotopic (exact) mass is 329 g/mol. The standard InChI is InChI=1S/C11H15N5O5S/c1-22-11-14-7-4(8(20)15-11)13-10(12)16(7)9-6(19)5(18)3(17)2-21-9/h3,5-6,9,17-19H,2H2,1H3,(H2,12,13)(H,14,15,20)/t3-,5-,6-,9+/m1/s1. The molecule has 11 heteroatoms. The molecule has 3 heterocycles. The van der Waals surface area contributed by atoms with E-state index in [0.29, 0.717) is 5.16 Å². The third-order valence-electron chi connectivity index (χ3n) is 3.48. The molecule has 120 valence electrons. The lowest BCUT2D eigenvalue weighted by Gasteiger charge is -2.36. The molecule has 1 fully saturated rings. The van der Waals surface area contributed by atoms with Gasteiger partial charge in [0.25, 0.3) is 5.56 Å². The zero-order chi connectivity index (χ0) is 16.0. The molecular formula is C11H15N5O5S. The number of nitrogens with zero attached hydrogens (tertiary/aromatic N) is 3. The first kappa shape index (κ1) is 15.2. The number of aliphatic hydroxyl groups is 3. The third kappa shape index (κ3) is 2.27. The van der Waals surface area contributed by atoms with Gasteiger partial charge >= 0.3 is 0 Å². The van der Waals surface area contributed by atoms with Gasteiger partial charge in [0.05, 0.1) is 6.61 Å². The maximum absolute atomic E-state index is 12.0. The van der Waals surface area contributed by atoms with Crippen LogP contribution in [0.25, 0.3) is 11.2 Å². The van der Waals surface area contributed by atoms with Gasteiger partial charge in [-0.25, -0.2) is 9.97 Å². The summed E-state index contributed by atoms with van der Waals surface area (Å²) in [4.78, 5) is 22.7. The van der Waals surface area contributed by atoms with Crippen molar-refractivity contribution in [1.82, 2.24) is 19.5 Å². The minimum absolute atomic E-state index is 0.00621. The van der Waals surface area contributed by atoms with E-state index in [1.165, 1.54) is 16.3 Å². The minimum atomic E-state index is -1.44.